The Bertz CT molecular complexity index is 2840. The molecule has 0 atom stereocenters. The van der Waals surface area contributed by atoms with Gasteiger partial charge in [0.15, 0.2) is 11.5 Å². The molecule has 4 aliphatic rings. The van der Waals surface area contributed by atoms with Crippen LogP contribution in [0.5, 0.6) is 11.5 Å². The van der Waals surface area contributed by atoms with Crippen molar-refractivity contribution in [3.8, 4) is 33.8 Å². The van der Waals surface area contributed by atoms with E-state index < -0.39 is 5.41 Å². The van der Waals surface area contributed by atoms with Crippen molar-refractivity contribution in [2.24, 2.45) is 0 Å². The third-order valence-corrected chi connectivity index (χ3v) is 12.6. The van der Waals surface area contributed by atoms with Crippen LogP contribution >= 0.6 is 0 Å². The van der Waals surface area contributed by atoms with Crippen LogP contribution in [-0.2, 0) is 10.8 Å². The highest BCUT2D eigenvalue weighted by molar-refractivity contribution is 5.99. The van der Waals surface area contributed by atoms with Gasteiger partial charge in [-0.05, 0) is 105 Å². The second-order valence-electron chi connectivity index (χ2n) is 15.6. The predicted molar refractivity (Wildman–Crippen MR) is 224 cm³/mol. The first-order chi connectivity index (χ1) is 27.1. The molecule has 0 aromatic heterocycles. The predicted octanol–water partition coefficient (Wildman–Crippen LogP) is 13.7. The topological polar surface area (TPSA) is 15.7 Å². The third-order valence-electron chi connectivity index (χ3n) is 12.6. The van der Waals surface area contributed by atoms with Gasteiger partial charge < -0.3 is 14.5 Å². The number of rotatable bonds is 3. The van der Waals surface area contributed by atoms with Crippen molar-refractivity contribution in [3.63, 3.8) is 0 Å². The van der Waals surface area contributed by atoms with Gasteiger partial charge in [0.1, 0.15) is 0 Å². The van der Waals surface area contributed by atoms with Crippen molar-refractivity contribution in [2.75, 3.05) is 9.80 Å². The fourth-order valence-corrected chi connectivity index (χ4v) is 10.5. The van der Waals surface area contributed by atoms with Crippen molar-refractivity contribution in [2.45, 2.75) is 24.7 Å². The normalized spacial score (nSPS) is 15.1. The van der Waals surface area contributed by atoms with E-state index in [-0.39, 0.29) is 5.41 Å². The number of fused-ring (bicyclic) bond motifs is 14. The summed E-state index contributed by atoms with van der Waals surface area (Å²) in [7, 11) is 0. The van der Waals surface area contributed by atoms with E-state index in [4.69, 9.17) is 4.74 Å². The van der Waals surface area contributed by atoms with E-state index in [2.05, 4.69) is 206 Å². The molecule has 0 bridgehead atoms. The fraction of sp³-hybridized carbons (Fsp3) is 0.0769. The van der Waals surface area contributed by atoms with Crippen LogP contribution in [-0.4, -0.2) is 0 Å². The van der Waals surface area contributed by atoms with Crippen LogP contribution in [0.1, 0.15) is 47.2 Å². The first-order valence-corrected chi connectivity index (χ1v) is 19.2. The number of para-hydroxylation sites is 4. The van der Waals surface area contributed by atoms with Crippen LogP contribution in [0.4, 0.5) is 34.1 Å². The van der Waals surface area contributed by atoms with Gasteiger partial charge in [0.05, 0.1) is 28.2 Å². The molecule has 2 aliphatic heterocycles. The van der Waals surface area contributed by atoms with Gasteiger partial charge in [-0.1, -0.05) is 141 Å². The second kappa shape index (κ2) is 10.9. The van der Waals surface area contributed by atoms with E-state index >= 15 is 0 Å². The lowest BCUT2D eigenvalue weighted by Gasteiger charge is -2.46. The van der Waals surface area contributed by atoms with Gasteiger partial charge in [-0.15, -0.1) is 0 Å². The summed E-state index contributed by atoms with van der Waals surface area (Å²) in [6.07, 6.45) is 0. The summed E-state index contributed by atoms with van der Waals surface area (Å²) in [6.45, 7) is 4.74. The van der Waals surface area contributed by atoms with Gasteiger partial charge in [0, 0.05) is 22.4 Å². The molecule has 55 heavy (non-hydrogen) atoms. The molecular weight excluding hydrogens is 669 g/mol. The average Bonchev–Trinajstić information content (AvgIpc) is 3.70. The zero-order chi connectivity index (χ0) is 36.5. The molecule has 3 heteroatoms. The Morgan fingerprint density at radius 2 is 0.982 bits per heavy atom. The Morgan fingerprint density at radius 3 is 1.69 bits per heavy atom. The minimum Gasteiger partial charge on any atom is -0.453 e. The highest BCUT2D eigenvalue weighted by Crippen LogP contribution is 2.65. The first-order valence-electron chi connectivity index (χ1n) is 19.2. The molecule has 260 valence electrons. The highest BCUT2D eigenvalue weighted by atomic mass is 16.5. The number of benzene rings is 8. The van der Waals surface area contributed by atoms with Crippen molar-refractivity contribution in [1.29, 1.82) is 0 Å². The van der Waals surface area contributed by atoms with Crippen molar-refractivity contribution in [1.82, 2.24) is 0 Å². The molecule has 0 N–H and O–H groups in total. The zero-order valence-electron chi connectivity index (χ0n) is 30.6. The summed E-state index contributed by atoms with van der Waals surface area (Å²) in [6, 6.07) is 66.9. The molecule has 8 aromatic carbocycles. The van der Waals surface area contributed by atoms with E-state index in [0.717, 1.165) is 39.9 Å². The minimum atomic E-state index is -0.431. The Hall–Kier alpha value is -6.84. The average molecular weight is 705 g/mol. The molecule has 2 aliphatic carbocycles. The second-order valence-corrected chi connectivity index (χ2v) is 15.6. The van der Waals surface area contributed by atoms with Crippen LogP contribution in [0.15, 0.2) is 182 Å². The SMILES string of the molecule is CC1(C)c2cccc3c2N(c2ccccc2O3)c2cccc(N(c3ccccc3)c3ccc4c(c3)C3(c5ccccc5-c5ccccc53)c3ccccc3-4)c21. The molecule has 0 fully saturated rings. The summed E-state index contributed by atoms with van der Waals surface area (Å²) >= 11 is 0. The van der Waals surface area contributed by atoms with Gasteiger partial charge in [-0.2, -0.15) is 0 Å². The Morgan fingerprint density at radius 1 is 0.436 bits per heavy atom. The molecule has 0 amide bonds. The summed E-state index contributed by atoms with van der Waals surface area (Å²) in [5, 5.41) is 0. The standard InChI is InChI=1S/C52H36N2O/c1-51(2)42-24-14-29-48-50(42)54(44-25-12-13-28-47(44)55-48)46-27-15-26-45(49(46)51)53(33-16-4-3-5-17-33)34-30-31-38-37-20-8-11-23-41(37)52(43(38)32-34)39-21-9-6-18-35(39)36-19-7-10-22-40(36)52/h3-32H,1-2H3. The van der Waals surface area contributed by atoms with Crippen LogP contribution in [0.3, 0.4) is 0 Å². The minimum absolute atomic E-state index is 0.353. The molecule has 1 spiro atoms. The van der Waals surface area contributed by atoms with Crippen molar-refractivity contribution < 1.29 is 4.74 Å². The summed E-state index contributed by atoms with van der Waals surface area (Å²) in [5.41, 5.74) is 19.1. The molecule has 8 aromatic rings. The van der Waals surface area contributed by atoms with E-state index in [1.54, 1.807) is 0 Å². The van der Waals surface area contributed by atoms with Crippen LogP contribution < -0.4 is 14.5 Å². The van der Waals surface area contributed by atoms with Crippen LogP contribution in [0.2, 0.25) is 0 Å². The number of nitrogens with zero attached hydrogens (tertiary/aromatic N) is 2. The molecule has 2 heterocycles. The van der Waals surface area contributed by atoms with Gasteiger partial charge >= 0.3 is 0 Å². The molecule has 0 unspecified atom stereocenters. The lowest BCUT2D eigenvalue weighted by atomic mass is 9.70. The Balaban J connectivity index is 1.14. The maximum absolute atomic E-state index is 6.56. The number of hydrogen-bond acceptors (Lipinski definition) is 3. The molecule has 0 radical (unpaired) electrons. The lowest BCUT2D eigenvalue weighted by molar-refractivity contribution is 0.471. The molecule has 0 saturated carbocycles. The highest BCUT2D eigenvalue weighted by Gasteiger charge is 2.52. The summed E-state index contributed by atoms with van der Waals surface area (Å²) in [4.78, 5) is 4.92. The van der Waals surface area contributed by atoms with E-state index in [0.29, 0.717) is 0 Å². The monoisotopic (exact) mass is 704 g/mol. The zero-order valence-corrected chi connectivity index (χ0v) is 30.6. The Kier molecular flexibility index (Phi) is 6.05. The van der Waals surface area contributed by atoms with Gasteiger partial charge in [0.25, 0.3) is 0 Å². The molecule has 3 nitrogen and oxygen atoms in total. The van der Waals surface area contributed by atoms with Gasteiger partial charge in [-0.3, -0.25) is 0 Å². The van der Waals surface area contributed by atoms with Crippen molar-refractivity contribution in [3.05, 3.63) is 215 Å². The van der Waals surface area contributed by atoms with Crippen LogP contribution in [0.25, 0.3) is 22.3 Å². The van der Waals surface area contributed by atoms with Crippen LogP contribution in [0, 0.1) is 0 Å². The number of hydrogen-bond donors (Lipinski definition) is 0. The molecule has 12 rings (SSSR count). The first kappa shape index (κ1) is 30.6. The smallest absolute Gasteiger partial charge is 0.151 e. The molecular formula is C52H36N2O. The number of ether oxygens (including phenoxy) is 1. The van der Waals surface area contributed by atoms with Gasteiger partial charge in [-0.25, -0.2) is 0 Å². The quantitative estimate of drug-likeness (QED) is 0.182. The maximum Gasteiger partial charge on any atom is 0.151 e. The van der Waals surface area contributed by atoms with Crippen molar-refractivity contribution >= 4 is 34.1 Å². The maximum atomic E-state index is 6.56. The van der Waals surface area contributed by atoms with E-state index in [9.17, 15) is 0 Å². The Labute approximate surface area is 321 Å². The lowest BCUT2D eigenvalue weighted by Crippen LogP contribution is -2.34. The largest absolute Gasteiger partial charge is 0.453 e. The fourth-order valence-electron chi connectivity index (χ4n) is 10.5. The van der Waals surface area contributed by atoms with E-state index in [1.165, 1.54) is 61.3 Å². The molecule has 0 saturated heterocycles. The van der Waals surface area contributed by atoms with E-state index in [1.807, 2.05) is 0 Å². The summed E-state index contributed by atoms with van der Waals surface area (Å²) in [5.74, 6) is 1.75. The summed E-state index contributed by atoms with van der Waals surface area (Å²) < 4.78 is 6.56. The van der Waals surface area contributed by atoms with Gasteiger partial charge in [0.2, 0.25) is 0 Å². The number of anilines is 6. The third kappa shape index (κ3) is 3.84.